The second-order valence-electron chi connectivity index (χ2n) is 5.37. The summed E-state index contributed by atoms with van der Waals surface area (Å²) in [5.41, 5.74) is -1.82. The summed E-state index contributed by atoms with van der Waals surface area (Å²) < 4.78 is 5.21. The number of carbonyl (C=O) groups excluding carboxylic acids is 1. The molecule has 0 bridgehead atoms. The van der Waals surface area contributed by atoms with Gasteiger partial charge in [0.05, 0.1) is 4.92 Å². The van der Waals surface area contributed by atoms with Gasteiger partial charge < -0.3 is 9.84 Å². The van der Waals surface area contributed by atoms with Crippen LogP contribution < -0.4 is 0 Å². The van der Waals surface area contributed by atoms with E-state index in [1.54, 1.807) is 13.8 Å². The average Bonchev–Trinajstić information content (AvgIpc) is 2.37. The predicted molar refractivity (Wildman–Crippen MR) is 76.3 cm³/mol. The SMILES string of the molecule is CCCC(C)(C)OC(=O)C(C(=O)O)c1ncccc1[N+](=O)[O-]. The van der Waals surface area contributed by atoms with E-state index < -0.39 is 39.8 Å². The fourth-order valence-electron chi connectivity index (χ4n) is 2.10. The Labute approximate surface area is 127 Å². The molecule has 1 N–H and O–H groups in total. The maximum atomic E-state index is 12.2. The fraction of sp³-hybridized carbons (Fsp3) is 0.500. The summed E-state index contributed by atoms with van der Waals surface area (Å²) in [7, 11) is 0. The molecule has 0 amide bonds. The highest BCUT2D eigenvalue weighted by Crippen LogP contribution is 2.28. The van der Waals surface area contributed by atoms with E-state index in [2.05, 4.69) is 4.98 Å². The van der Waals surface area contributed by atoms with Gasteiger partial charge in [-0.3, -0.25) is 24.7 Å². The van der Waals surface area contributed by atoms with Gasteiger partial charge in [-0.15, -0.1) is 0 Å². The number of nitrogens with zero attached hydrogens (tertiary/aromatic N) is 2. The first-order chi connectivity index (χ1) is 10.2. The number of aromatic nitrogens is 1. The van der Waals surface area contributed by atoms with Crippen LogP contribution in [0.5, 0.6) is 0 Å². The summed E-state index contributed by atoms with van der Waals surface area (Å²) in [5, 5.41) is 20.2. The number of carbonyl (C=O) groups is 2. The number of rotatable bonds is 7. The lowest BCUT2D eigenvalue weighted by atomic mass is 10.0. The maximum absolute atomic E-state index is 12.2. The smallest absolute Gasteiger partial charge is 0.327 e. The van der Waals surface area contributed by atoms with Gasteiger partial charge in [-0.05, 0) is 26.3 Å². The van der Waals surface area contributed by atoms with Crippen LogP contribution in [0.3, 0.4) is 0 Å². The molecule has 0 radical (unpaired) electrons. The normalized spacial score (nSPS) is 12.5. The molecular formula is C14H18N2O6. The molecule has 0 aliphatic carbocycles. The van der Waals surface area contributed by atoms with Crippen LogP contribution >= 0.6 is 0 Å². The van der Waals surface area contributed by atoms with Gasteiger partial charge in [0.1, 0.15) is 11.3 Å². The van der Waals surface area contributed by atoms with Crippen molar-refractivity contribution in [2.45, 2.75) is 45.1 Å². The number of nitro groups is 1. The van der Waals surface area contributed by atoms with Crippen molar-refractivity contribution in [3.8, 4) is 0 Å². The summed E-state index contributed by atoms with van der Waals surface area (Å²) in [5.74, 6) is -4.44. The summed E-state index contributed by atoms with van der Waals surface area (Å²) in [6.45, 7) is 5.20. The van der Waals surface area contributed by atoms with Crippen LogP contribution in [0.2, 0.25) is 0 Å². The van der Waals surface area contributed by atoms with Crippen molar-refractivity contribution in [2.24, 2.45) is 0 Å². The van der Waals surface area contributed by atoms with Crippen molar-refractivity contribution in [1.29, 1.82) is 0 Å². The van der Waals surface area contributed by atoms with Crippen molar-refractivity contribution in [1.82, 2.24) is 4.98 Å². The van der Waals surface area contributed by atoms with Crippen molar-refractivity contribution in [2.75, 3.05) is 0 Å². The van der Waals surface area contributed by atoms with Crippen LogP contribution in [0, 0.1) is 10.1 Å². The van der Waals surface area contributed by atoms with Gasteiger partial charge in [-0.1, -0.05) is 13.3 Å². The van der Waals surface area contributed by atoms with Gasteiger partial charge in [0.15, 0.2) is 0 Å². The van der Waals surface area contributed by atoms with Crippen LogP contribution in [0.15, 0.2) is 18.3 Å². The Morgan fingerprint density at radius 2 is 2.14 bits per heavy atom. The largest absolute Gasteiger partial charge is 0.480 e. The number of aliphatic carboxylic acids is 1. The van der Waals surface area contributed by atoms with Crippen molar-refractivity contribution in [3.05, 3.63) is 34.1 Å². The molecule has 1 heterocycles. The Kier molecular flexibility index (Phi) is 5.56. The van der Waals surface area contributed by atoms with Gasteiger partial charge in [0, 0.05) is 12.3 Å². The number of ether oxygens (including phenoxy) is 1. The van der Waals surface area contributed by atoms with E-state index in [4.69, 9.17) is 4.74 Å². The zero-order valence-electron chi connectivity index (χ0n) is 12.6. The molecule has 0 aliphatic rings. The Morgan fingerprint density at radius 3 is 2.64 bits per heavy atom. The third-order valence-electron chi connectivity index (χ3n) is 3.00. The standard InChI is InChI=1S/C14H18N2O6/c1-4-7-14(2,3)22-13(19)10(12(17)18)11-9(16(20)21)6-5-8-15-11/h5-6,8,10H,4,7H2,1-3H3,(H,17,18). The Morgan fingerprint density at radius 1 is 1.50 bits per heavy atom. The second-order valence-corrected chi connectivity index (χ2v) is 5.37. The van der Waals surface area contributed by atoms with E-state index in [9.17, 15) is 24.8 Å². The molecule has 1 unspecified atom stereocenters. The van der Waals surface area contributed by atoms with Crippen LogP contribution in [0.1, 0.15) is 45.2 Å². The number of carboxylic acids is 1. The molecule has 22 heavy (non-hydrogen) atoms. The molecule has 0 spiro atoms. The van der Waals surface area contributed by atoms with Gasteiger partial charge in [-0.25, -0.2) is 0 Å². The van der Waals surface area contributed by atoms with Gasteiger partial charge >= 0.3 is 11.9 Å². The zero-order chi connectivity index (χ0) is 16.9. The molecule has 8 heteroatoms. The van der Waals surface area contributed by atoms with Crippen molar-refractivity contribution < 1.29 is 24.4 Å². The topological polar surface area (TPSA) is 120 Å². The molecule has 0 aliphatic heterocycles. The van der Waals surface area contributed by atoms with Crippen LogP contribution in [0.25, 0.3) is 0 Å². The number of carboxylic acid groups (broad SMARTS) is 1. The maximum Gasteiger partial charge on any atom is 0.327 e. The van der Waals surface area contributed by atoms with Gasteiger partial charge in [0.2, 0.25) is 5.92 Å². The van der Waals surface area contributed by atoms with Crippen LogP contribution in [-0.4, -0.2) is 32.6 Å². The summed E-state index contributed by atoms with van der Waals surface area (Å²) in [6, 6.07) is 2.40. The number of hydrogen-bond acceptors (Lipinski definition) is 6. The van der Waals surface area contributed by atoms with Gasteiger partial charge in [-0.2, -0.15) is 0 Å². The minimum atomic E-state index is -1.84. The van der Waals surface area contributed by atoms with Crippen LogP contribution in [-0.2, 0) is 14.3 Å². The average molecular weight is 310 g/mol. The molecule has 0 aromatic carbocycles. The molecule has 1 rings (SSSR count). The first kappa shape index (κ1) is 17.5. The lowest BCUT2D eigenvalue weighted by Gasteiger charge is -2.26. The van der Waals surface area contributed by atoms with Crippen molar-refractivity contribution >= 4 is 17.6 Å². The Bertz CT molecular complexity index is 584. The fourth-order valence-corrected chi connectivity index (χ4v) is 2.10. The highest BCUT2D eigenvalue weighted by atomic mass is 16.6. The van der Waals surface area contributed by atoms with E-state index in [0.29, 0.717) is 6.42 Å². The monoisotopic (exact) mass is 310 g/mol. The molecule has 0 saturated heterocycles. The molecule has 8 nitrogen and oxygen atoms in total. The zero-order valence-corrected chi connectivity index (χ0v) is 12.6. The third kappa shape index (κ3) is 4.24. The van der Waals surface area contributed by atoms with E-state index in [1.165, 1.54) is 12.3 Å². The Balaban J connectivity index is 3.18. The number of esters is 1. The first-order valence-corrected chi connectivity index (χ1v) is 6.74. The second kappa shape index (κ2) is 6.97. The highest BCUT2D eigenvalue weighted by molar-refractivity contribution is 6.00. The van der Waals surface area contributed by atoms with E-state index in [1.807, 2.05) is 6.92 Å². The summed E-state index contributed by atoms with van der Waals surface area (Å²) in [6.07, 6.45) is 2.47. The third-order valence-corrected chi connectivity index (χ3v) is 3.00. The quantitative estimate of drug-likeness (QED) is 0.355. The van der Waals surface area contributed by atoms with Crippen LogP contribution in [0.4, 0.5) is 5.69 Å². The molecule has 0 saturated carbocycles. The molecular weight excluding hydrogens is 292 g/mol. The van der Waals surface area contributed by atoms with Crippen molar-refractivity contribution in [3.63, 3.8) is 0 Å². The molecule has 1 aromatic rings. The summed E-state index contributed by atoms with van der Waals surface area (Å²) in [4.78, 5) is 37.5. The molecule has 120 valence electrons. The molecule has 0 fully saturated rings. The van der Waals surface area contributed by atoms with E-state index in [0.717, 1.165) is 12.5 Å². The summed E-state index contributed by atoms with van der Waals surface area (Å²) >= 11 is 0. The van der Waals surface area contributed by atoms with E-state index in [-0.39, 0.29) is 0 Å². The molecule has 1 aromatic heterocycles. The lowest BCUT2D eigenvalue weighted by Crippen LogP contribution is -2.34. The number of pyridine rings is 1. The minimum absolute atomic E-state index is 0.433. The minimum Gasteiger partial charge on any atom is -0.480 e. The van der Waals surface area contributed by atoms with E-state index >= 15 is 0 Å². The number of hydrogen-bond donors (Lipinski definition) is 1. The Hall–Kier alpha value is -2.51. The highest BCUT2D eigenvalue weighted by Gasteiger charge is 2.39. The lowest BCUT2D eigenvalue weighted by molar-refractivity contribution is -0.386. The van der Waals surface area contributed by atoms with Gasteiger partial charge in [0.25, 0.3) is 5.69 Å². The predicted octanol–water partition coefficient (Wildman–Crippen LogP) is 2.28. The molecule has 1 atom stereocenters. The first-order valence-electron chi connectivity index (χ1n) is 6.74.